The van der Waals surface area contributed by atoms with E-state index >= 15 is 0 Å². The Hall–Kier alpha value is -2.83. The summed E-state index contributed by atoms with van der Waals surface area (Å²) in [5.74, 6) is -0.158. The van der Waals surface area contributed by atoms with Crippen LogP contribution in [0.5, 0.6) is 0 Å². The van der Waals surface area contributed by atoms with Gasteiger partial charge < -0.3 is 11.1 Å². The lowest BCUT2D eigenvalue weighted by molar-refractivity contribution is -0.116. The van der Waals surface area contributed by atoms with Crippen molar-refractivity contribution in [2.45, 2.75) is 20.4 Å². The number of anilines is 2. The monoisotopic (exact) mass is 284 g/mol. The smallest absolute Gasteiger partial charge is 0.246 e. The SMILES string of the molecule is Cc1nn(CC(=O)Nc2cccc3[nH]ncc23)c(C)c1N. The van der Waals surface area contributed by atoms with Crippen LogP contribution in [-0.4, -0.2) is 25.9 Å². The third-order valence-corrected chi connectivity index (χ3v) is 3.49. The van der Waals surface area contributed by atoms with Crippen LogP contribution < -0.4 is 11.1 Å². The fraction of sp³-hybridized carbons (Fsp3) is 0.214. The molecule has 0 saturated heterocycles. The Morgan fingerprint density at radius 3 is 2.95 bits per heavy atom. The molecule has 108 valence electrons. The average molecular weight is 284 g/mol. The first-order chi connectivity index (χ1) is 10.1. The van der Waals surface area contributed by atoms with E-state index in [0.29, 0.717) is 5.69 Å². The van der Waals surface area contributed by atoms with Crippen LogP contribution >= 0.6 is 0 Å². The number of aryl methyl sites for hydroxylation is 1. The van der Waals surface area contributed by atoms with E-state index < -0.39 is 0 Å². The normalized spacial score (nSPS) is 11.0. The minimum atomic E-state index is -0.158. The summed E-state index contributed by atoms with van der Waals surface area (Å²) in [4.78, 5) is 12.2. The summed E-state index contributed by atoms with van der Waals surface area (Å²) in [6.07, 6.45) is 1.69. The Kier molecular flexibility index (Phi) is 3.09. The largest absolute Gasteiger partial charge is 0.396 e. The van der Waals surface area contributed by atoms with Crippen LogP contribution in [0.25, 0.3) is 10.9 Å². The van der Waals surface area contributed by atoms with Crippen molar-refractivity contribution < 1.29 is 4.79 Å². The molecule has 7 nitrogen and oxygen atoms in total. The first kappa shape index (κ1) is 13.2. The number of hydrogen-bond donors (Lipinski definition) is 3. The lowest BCUT2D eigenvalue weighted by atomic mass is 10.2. The molecule has 0 bridgehead atoms. The van der Waals surface area contributed by atoms with Gasteiger partial charge >= 0.3 is 0 Å². The van der Waals surface area contributed by atoms with Crippen molar-refractivity contribution in [3.05, 3.63) is 35.8 Å². The van der Waals surface area contributed by atoms with Gasteiger partial charge in [-0.25, -0.2) is 0 Å². The molecule has 3 aromatic rings. The maximum Gasteiger partial charge on any atom is 0.246 e. The van der Waals surface area contributed by atoms with E-state index in [-0.39, 0.29) is 12.5 Å². The van der Waals surface area contributed by atoms with Gasteiger partial charge in [0.2, 0.25) is 5.91 Å². The minimum absolute atomic E-state index is 0.123. The van der Waals surface area contributed by atoms with Gasteiger partial charge in [0.15, 0.2) is 0 Å². The summed E-state index contributed by atoms with van der Waals surface area (Å²) in [6, 6.07) is 5.60. The van der Waals surface area contributed by atoms with Gasteiger partial charge in [0, 0.05) is 5.39 Å². The van der Waals surface area contributed by atoms with Gasteiger partial charge in [-0.05, 0) is 26.0 Å². The zero-order chi connectivity index (χ0) is 15.0. The van der Waals surface area contributed by atoms with Gasteiger partial charge in [-0.2, -0.15) is 10.2 Å². The number of aromatic nitrogens is 4. The van der Waals surface area contributed by atoms with Crippen molar-refractivity contribution in [1.29, 1.82) is 0 Å². The Morgan fingerprint density at radius 2 is 2.24 bits per heavy atom. The number of nitrogens with one attached hydrogen (secondary N) is 2. The van der Waals surface area contributed by atoms with E-state index in [9.17, 15) is 4.79 Å². The van der Waals surface area contributed by atoms with Crippen molar-refractivity contribution in [3.8, 4) is 0 Å². The van der Waals surface area contributed by atoms with Gasteiger partial charge in [-0.15, -0.1) is 0 Å². The number of carbonyl (C=O) groups is 1. The zero-order valence-electron chi connectivity index (χ0n) is 11.8. The van der Waals surface area contributed by atoms with Crippen LogP contribution in [0.4, 0.5) is 11.4 Å². The Morgan fingerprint density at radius 1 is 1.43 bits per heavy atom. The molecule has 0 unspecified atom stereocenters. The van der Waals surface area contributed by atoms with Crippen LogP contribution in [0.3, 0.4) is 0 Å². The molecule has 0 atom stereocenters. The number of nitrogen functional groups attached to an aromatic ring is 1. The second-order valence-electron chi connectivity index (χ2n) is 4.93. The highest BCUT2D eigenvalue weighted by Crippen LogP contribution is 2.21. The summed E-state index contributed by atoms with van der Waals surface area (Å²) >= 11 is 0. The molecule has 1 amide bonds. The van der Waals surface area contributed by atoms with E-state index in [4.69, 9.17) is 5.73 Å². The van der Waals surface area contributed by atoms with Crippen LogP contribution in [-0.2, 0) is 11.3 Å². The zero-order valence-corrected chi connectivity index (χ0v) is 11.8. The fourth-order valence-corrected chi connectivity index (χ4v) is 2.27. The van der Waals surface area contributed by atoms with Crippen molar-refractivity contribution in [2.75, 3.05) is 11.1 Å². The summed E-state index contributed by atoms with van der Waals surface area (Å²) in [5.41, 5.74) is 9.62. The Balaban J connectivity index is 1.80. The third-order valence-electron chi connectivity index (χ3n) is 3.49. The van der Waals surface area contributed by atoms with E-state index in [0.717, 1.165) is 28.0 Å². The van der Waals surface area contributed by atoms with Crippen LogP contribution in [0.15, 0.2) is 24.4 Å². The minimum Gasteiger partial charge on any atom is -0.396 e. The number of aromatic amines is 1. The number of nitrogens with two attached hydrogens (primary N) is 1. The highest BCUT2D eigenvalue weighted by molar-refractivity contribution is 6.00. The number of amides is 1. The quantitative estimate of drug-likeness (QED) is 0.679. The molecule has 0 radical (unpaired) electrons. The van der Waals surface area contributed by atoms with Gasteiger partial charge in [0.05, 0.1) is 34.5 Å². The first-order valence-corrected chi connectivity index (χ1v) is 6.57. The molecule has 2 heterocycles. The molecular weight excluding hydrogens is 268 g/mol. The Labute approximate surface area is 121 Å². The van der Waals surface area contributed by atoms with Crippen LogP contribution in [0, 0.1) is 13.8 Å². The molecule has 0 aliphatic heterocycles. The summed E-state index contributed by atoms with van der Waals surface area (Å²) in [7, 11) is 0. The molecule has 3 rings (SSSR count). The van der Waals surface area contributed by atoms with E-state index in [1.54, 1.807) is 10.9 Å². The predicted molar refractivity (Wildman–Crippen MR) is 80.8 cm³/mol. The molecule has 7 heteroatoms. The topological polar surface area (TPSA) is 102 Å². The molecule has 2 aromatic heterocycles. The predicted octanol–water partition coefficient (Wildman–Crippen LogP) is 1.60. The van der Waals surface area contributed by atoms with Crippen LogP contribution in [0.2, 0.25) is 0 Å². The highest BCUT2D eigenvalue weighted by atomic mass is 16.2. The van der Waals surface area contributed by atoms with Gasteiger partial charge in [-0.3, -0.25) is 14.6 Å². The van der Waals surface area contributed by atoms with Crippen molar-refractivity contribution in [1.82, 2.24) is 20.0 Å². The summed E-state index contributed by atoms with van der Waals surface area (Å²) in [6.45, 7) is 3.79. The van der Waals surface area contributed by atoms with Gasteiger partial charge in [-0.1, -0.05) is 6.07 Å². The average Bonchev–Trinajstić information content (AvgIpc) is 3.01. The van der Waals surface area contributed by atoms with Crippen molar-refractivity contribution in [3.63, 3.8) is 0 Å². The molecule has 0 fully saturated rings. The molecule has 4 N–H and O–H groups in total. The third kappa shape index (κ3) is 2.33. The first-order valence-electron chi connectivity index (χ1n) is 6.57. The number of H-pyrrole nitrogens is 1. The number of nitrogens with zero attached hydrogens (tertiary/aromatic N) is 3. The molecule has 0 saturated carbocycles. The molecule has 0 aliphatic carbocycles. The van der Waals surface area contributed by atoms with E-state index in [2.05, 4.69) is 20.6 Å². The second-order valence-corrected chi connectivity index (χ2v) is 4.93. The number of hydrogen-bond acceptors (Lipinski definition) is 4. The number of benzene rings is 1. The lowest BCUT2D eigenvalue weighted by Gasteiger charge is -2.07. The van der Waals surface area contributed by atoms with Gasteiger partial charge in [0.25, 0.3) is 0 Å². The molecule has 21 heavy (non-hydrogen) atoms. The fourth-order valence-electron chi connectivity index (χ4n) is 2.27. The standard InChI is InChI=1S/C14H16N6O/c1-8-14(15)9(2)20(19-8)7-13(21)17-11-4-3-5-12-10(11)6-16-18-12/h3-6H,7,15H2,1-2H3,(H,16,18)(H,17,21). The second kappa shape index (κ2) is 4.93. The maximum absolute atomic E-state index is 12.2. The van der Waals surface area contributed by atoms with Crippen molar-refractivity contribution >= 4 is 28.2 Å². The van der Waals surface area contributed by atoms with Gasteiger partial charge in [0.1, 0.15) is 6.54 Å². The number of rotatable bonds is 3. The maximum atomic E-state index is 12.2. The lowest BCUT2D eigenvalue weighted by Crippen LogP contribution is -2.20. The molecular formula is C14H16N6O. The Bertz CT molecular complexity index is 816. The highest BCUT2D eigenvalue weighted by Gasteiger charge is 2.12. The number of carbonyl (C=O) groups excluding carboxylic acids is 1. The summed E-state index contributed by atoms with van der Waals surface area (Å²) in [5, 5.41) is 14.8. The molecule has 0 spiro atoms. The number of fused-ring (bicyclic) bond motifs is 1. The van der Waals surface area contributed by atoms with E-state index in [1.807, 2.05) is 32.0 Å². The van der Waals surface area contributed by atoms with E-state index in [1.165, 1.54) is 0 Å². The molecule has 0 aliphatic rings. The summed E-state index contributed by atoms with van der Waals surface area (Å²) < 4.78 is 1.61. The van der Waals surface area contributed by atoms with Crippen LogP contribution in [0.1, 0.15) is 11.4 Å². The van der Waals surface area contributed by atoms with Crippen molar-refractivity contribution in [2.24, 2.45) is 0 Å². The molecule has 1 aromatic carbocycles.